The van der Waals surface area contributed by atoms with Crippen molar-refractivity contribution < 1.29 is 18.7 Å². The number of hydrogen-bond acceptors (Lipinski definition) is 8. The van der Waals surface area contributed by atoms with Crippen LogP contribution in [0.15, 0.2) is 76.6 Å². The zero-order valence-corrected chi connectivity index (χ0v) is 15.4. The maximum Gasteiger partial charge on any atom is 0.379 e. The molecule has 0 bridgehead atoms. The molecule has 2 aromatic heterocycles. The summed E-state index contributed by atoms with van der Waals surface area (Å²) in [6.07, 6.45) is 4.70. The van der Waals surface area contributed by atoms with Gasteiger partial charge in [0, 0.05) is 10.8 Å². The second kappa shape index (κ2) is 8.22. The quantitative estimate of drug-likeness (QED) is 0.231. The van der Waals surface area contributed by atoms with Crippen molar-refractivity contribution >= 4 is 28.8 Å². The lowest BCUT2D eigenvalue weighted by atomic mass is 10.2. The van der Waals surface area contributed by atoms with Crippen LogP contribution in [0.1, 0.15) is 16.1 Å². The summed E-state index contributed by atoms with van der Waals surface area (Å²) in [6.45, 7) is 0. The number of hydrazone groups is 1. The number of nitrogens with zero attached hydrogens (tertiary/aromatic N) is 3. The van der Waals surface area contributed by atoms with Crippen LogP contribution in [0.4, 0.5) is 5.82 Å². The maximum atomic E-state index is 12.0. The molecule has 1 N–H and O–H groups in total. The number of aromatic nitrogens is 2. The predicted molar refractivity (Wildman–Crippen MR) is 107 cm³/mol. The number of esters is 1. The van der Waals surface area contributed by atoms with Gasteiger partial charge in [-0.2, -0.15) is 10.2 Å². The van der Waals surface area contributed by atoms with E-state index in [-0.39, 0.29) is 11.5 Å². The summed E-state index contributed by atoms with van der Waals surface area (Å²) in [4.78, 5) is 12.0. The van der Waals surface area contributed by atoms with Gasteiger partial charge in [-0.15, -0.1) is 5.10 Å². The molecule has 0 unspecified atom stereocenters. The van der Waals surface area contributed by atoms with E-state index in [0.29, 0.717) is 11.6 Å². The van der Waals surface area contributed by atoms with Gasteiger partial charge < -0.3 is 13.9 Å². The van der Waals surface area contributed by atoms with Crippen LogP contribution >= 0.6 is 0 Å². The average molecular weight is 388 g/mol. The second-order valence-electron chi connectivity index (χ2n) is 5.93. The van der Waals surface area contributed by atoms with E-state index in [1.807, 2.05) is 24.3 Å². The minimum atomic E-state index is -0.606. The number of nitrogens with one attached hydrogen (secondary N) is 1. The summed E-state index contributed by atoms with van der Waals surface area (Å²) in [5, 5.41) is 14.1. The van der Waals surface area contributed by atoms with Crippen LogP contribution in [0.25, 0.3) is 10.8 Å². The molecular formula is C21H16N4O4. The fourth-order valence-corrected chi connectivity index (χ4v) is 2.67. The third-order valence-corrected chi connectivity index (χ3v) is 4.07. The fraction of sp³-hybridized carbons (Fsp3) is 0.0476. The first-order chi connectivity index (χ1) is 14.2. The highest BCUT2D eigenvalue weighted by Crippen LogP contribution is 2.28. The van der Waals surface area contributed by atoms with E-state index in [9.17, 15) is 4.79 Å². The molecule has 0 fully saturated rings. The van der Waals surface area contributed by atoms with Gasteiger partial charge in [-0.05, 0) is 35.9 Å². The zero-order chi connectivity index (χ0) is 20.1. The molecule has 2 heterocycles. The minimum Gasteiger partial charge on any atom is -0.493 e. The van der Waals surface area contributed by atoms with Crippen LogP contribution in [0.2, 0.25) is 0 Å². The van der Waals surface area contributed by atoms with E-state index in [4.69, 9.17) is 13.9 Å². The van der Waals surface area contributed by atoms with E-state index in [0.717, 1.165) is 16.3 Å². The number of methoxy groups -OCH3 is 1. The Morgan fingerprint density at radius 3 is 2.86 bits per heavy atom. The smallest absolute Gasteiger partial charge is 0.379 e. The summed E-state index contributed by atoms with van der Waals surface area (Å²) in [6, 6.07) is 15.9. The van der Waals surface area contributed by atoms with Gasteiger partial charge in [0.05, 0.1) is 25.8 Å². The van der Waals surface area contributed by atoms with Crippen molar-refractivity contribution in [2.24, 2.45) is 5.10 Å². The first-order valence-corrected chi connectivity index (χ1v) is 8.68. The normalized spacial score (nSPS) is 10.9. The molecule has 4 aromatic rings. The van der Waals surface area contributed by atoms with Crippen LogP contribution in [0.3, 0.4) is 0 Å². The molecule has 2 aromatic carbocycles. The number of carbonyl (C=O) groups excluding carboxylic acids is 1. The van der Waals surface area contributed by atoms with E-state index in [1.165, 1.54) is 19.4 Å². The van der Waals surface area contributed by atoms with Crippen molar-refractivity contribution in [2.45, 2.75) is 0 Å². The van der Waals surface area contributed by atoms with Gasteiger partial charge in [0.1, 0.15) is 0 Å². The van der Waals surface area contributed by atoms with Crippen LogP contribution in [0, 0.1) is 0 Å². The molecule has 0 atom stereocenters. The van der Waals surface area contributed by atoms with Gasteiger partial charge in [-0.1, -0.05) is 24.3 Å². The van der Waals surface area contributed by atoms with Crippen molar-refractivity contribution in [3.8, 4) is 11.5 Å². The minimum absolute atomic E-state index is 0.109. The SMILES string of the molecule is COc1cc(C=NNc2nncc3ccccc23)ccc1OC(=O)c1ccco1. The number of carbonyl (C=O) groups is 1. The molecule has 144 valence electrons. The molecule has 0 aliphatic rings. The molecule has 0 saturated heterocycles. The largest absolute Gasteiger partial charge is 0.493 e. The third-order valence-electron chi connectivity index (χ3n) is 4.07. The van der Waals surface area contributed by atoms with Crippen molar-refractivity contribution in [1.82, 2.24) is 10.2 Å². The van der Waals surface area contributed by atoms with Gasteiger partial charge in [0.25, 0.3) is 0 Å². The number of ether oxygens (including phenoxy) is 2. The van der Waals surface area contributed by atoms with Gasteiger partial charge in [0.15, 0.2) is 17.3 Å². The second-order valence-corrected chi connectivity index (χ2v) is 5.93. The summed E-state index contributed by atoms with van der Waals surface area (Å²) < 4.78 is 15.7. The zero-order valence-electron chi connectivity index (χ0n) is 15.4. The molecule has 0 spiro atoms. The Bertz CT molecular complexity index is 1170. The van der Waals surface area contributed by atoms with Crippen molar-refractivity contribution in [3.63, 3.8) is 0 Å². The van der Waals surface area contributed by atoms with Crippen molar-refractivity contribution in [1.29, 1.82) is 0 Å². The predicted octanol–water partition coefficient (Wildman–Crippen LogP) is 3.90. The Morgan fingerprint density at radius 2 is 2.03 bits per heavy atom. The number of fused-ring (bicyclic) bond motifs is 1. The van der Waals surface area contributed by atoms with Gasteiger partial charge >= 0.3 is 5.97 Å². The number of benzene rings is 2. The molecule has 8 heteroatoms. The molecule has 4 rings (SSSR count). The van der Waals surface area contributed by atoms with Crippen LogP contribution in [-0.2, 0) is 0 Å². The molecule has 0 aliphatic heterocycles. The first kappa shape index (κ1) is 18.2. The van der Waals surface area contributed by atoms with Crippen LogP contribution in [-0.4, -0.2) is 29.5 Å². The summed E-state index contributed by atoms with van der Waals surface area (Å²) in [7, 11) is 1.49. The molecule has 29 heavy (non-hydrogen) atoms. The van der Waals surface area contributed by atoms with E-state index in [2.05, 4.69) is 20.7 Å². The third kappa shape index (κ3) is 4.06. The van der Waals surface area contributed by atoms with Gasteiger partial charge in [-0.25, -0.2) is 4.79 Å². The van der Waals surface area contributed by atoms with Crippen LogP contribution in [0.5, 0.6) is 11.5 Å². The highest BCUT2D eigenvalue weighted by molar-refractivity contribution is 5.91. The fourth-order valence-electron chi connectivity index (χ4n) is 2.67. The average Bonchev–Trinajstić information content (AvgIpc) is 3.30. The lowest BCUT2D eigenvalue weighted by Crippen LogP contribution is -2.08. The molecule has 0 saturated carbocycles. The monoisotopic (exact) mass is 388 g/mol. The van der Waals surface area contributed by atoms with Gasteiger partial charge in [0.2, 0.25) is 5.76 Å². The maximum absolute atomic E-state index is 12.0. The summed E-state index contributed by atoms with van der Waals surface area (Å²) in [5.74, 6) is 0.719. The molecule has 0 amide bonds. The topological polar surface area (TPSA) is 98.8 Å². The van der Waals surface area contributed by atoms with Crippen LogP contribution < -0.4 is 14.9 Å². The first-order valence-electron chi connectivity index (χ1n) is 8.68. The number of hydrogen-bond donors (Lipinski definition) is 1. The molecular weight excluding hydrogens is 372 g/mol. The Balaban J connectivity index is 1.49. The van der Waals surface area contributed by atoms with Crippen molar-refractivity contribution in [3.05, 3.63) is 78.4 Å². The highest BCUT2D eigenvalue weighted by Gasteiger charge is 2.14. The lowest BCUT2D eigenvalue weighted by molar-refractivity contribution is 0.0696. The Kier molecular flexibility index (Phi) is 5.15. The summed E-state index contributed by atoms with van der Waals surface area (Å²) >= 11 is 0. The van der Waals surface area contributed by atoms with Gasteiger partial charge in [-0.3, -0.25) is 5.43 Å². The summed E-state index contributed by atoms with van der Waals surface area (Å²) in [5.41, 5.74) is 3.63. The Labute approximate surface area is 165 Å². The highest BCUT2D eigenvalue weighted by atomic mass is 16.6. The molecule has 0 radical (unpaired) electrons. The number of anilines is 1. The number of rotatable bonds is 6. The standard InChI is InChI=1S/C21H16N4O4/c1-27-19-11-14(8-9-17(19)29-21(26)18-7-4-10-28-18)12-22-24-20-16-6-3-2-5-15(16)13-23-25-20/h2-13H,1H3,(H,24,25). The van der Waals surface area contributed by atoms with E-state index in [1.54, 1.807) is 36.7 Å². The lowest BCUT2D eigenvalue weighted by Gasteiger charge is -2.09. The molecule has 8 nitrogen and oxygen atoms in total. The Morgan fingerprint density at radius 1 is 1.14 bits per heavy atom. The van der Waals surface area contributed by atoms with E-state index < -0.39 is 5.97 Å². The Hall–Kier alpha value is -4.20. The number of furan rings is 1. The van der Waals surface area contributed by atoms with Crippen molar-refractivity contribution in [2.75, 3.05) is 12.5 Å². The molecule has 0 aliphatic carbocycles. The van der Waals surface area contributed by atoms with E-state index >= 15 is 0 Å².